The van der Waals surface area contributed by atoms with Gasteiger partial charge in [-0.3, -0.25) is 4.79 Å². The van der Waals surface area contributed by atoms with Crippen LogP contribution in [0.25, 0.3) is 0 Å². The fourth-order valence-corrected chi connectivity index (χ4v) is 1.000. The van der Waals surface area contributed by atoms with Gasteiger partial charge in [0.05, 0.1) is 0 Å². The molecule has 0 aliphatic carbocycles. The minimum absolute atomic E-state index is 0. The number of carbonyl (C=O) groups is 1. The monoisotopic (exact) mass is 395 g/mol. The summed E-state index contributed by atoms with van der Waals surface area (Å²) in [4.78, 5) is 10.0. The number of carbonyl (C=O) groups excluding carboxylic acids is 1. The van der Waals surface area contributed by atoms with E-state index in [0.717, 1.165) is 0 Å². The van der Waals surface area contributed by atoms with E-state index in [0.29, 0.717) is 0 Å². The third-order valence-corrected chi connectivity index (χ3v) is 2.18. The van der Waals surface area contributed by atoms with Gasteiger partial charge < -0.3 is 10.9 Å². The molecule has 0 saturated carbocycles. The van der Waals surface area contributed by atoms with Crippen LogP contribution in [-0.2, 0) is 9.53 Å². The van der Waals surface area contributed by atoms with Crippen LogP contribution < -0.4 is 6.15 Å². The van der Waals surface area contributed by atoms with Crippen LogP contribution in [0.4, 0.5) is 57.1 Å². The maximum Gasteiger partial charge on any atom is 0.473 e. The summed E-state index contributed by atoms with van der Waals surface area (Å²) in [5.41, 5.74) is 0. The zero-order valence-corrected chi connectivity index (χ0v) is 10.9. The van der Waals surface area contributed by atoms with Crippen LogP contribution in [0, 0.1) is 0 Å². The van der Waals surface area contributed by atoms with Gasteiger partial charge in [-0.25, -0.2) is 0 Å². The van der Waals surface area contributed by atoms with Crippen molar-refractivity contribution >= 4 is 5.97 Å². The summed E-state index contributed by atoms with van der Waals surface area (Å²) in [7, 11) is 0. The normalized spacial score (nSPS) is 14.9. The van der Waals surface area contributed by atoms with Gasteiger partial charge in [0.15, 0.2) is 0 Å². The zero-order chi connectivity index (χ0) is 19.3. The average Bonchev–Trinajstić information content (AvgIpc) is 2.24. The predicted octanol–water partition coefficient (Wildman–Crippen LogP) is 4.41. The third-order valence-electron chi connectivity index (χ3n) is 2.18. The second kappa shape index (κ2) is 6.11. The highest BCUT2D eigenvalue weighted by Gasteiger charge is 2.91. The minimum atomic E-state index is -8.01. The predicted molar refractivity (Wildman–Crippen MR) is 47.6 cm³/mol. The second-order valence-corrected chi connectivity index (χ2v) is 3.91. The van der Waals surface area contributed by atoms with Crippen molar-refractivity contribution in [2.24, 2.45) is 0 Å². The lowest BCUT2D eigenvalue weighted by molar-refractivity contribution is -0.460. The number of alkyl halides is 13. The van der Waals surface area contributed by atoms with E-state index < -0.39 is 41.9 Å². The Morgan fingerprint density at radius 3 is 1.17 bits per heavy atom. The van der Waals surface area contributed by atoms with Crippen LogP contribution in [0.15, 0.2) is 0 Å². The van der Waals surface area contributed by atoms with Crippen LogP contribution in [0.2, 0.25) is 0 Å². The van der Waals surface area contributed by atoms with E-state index in [-0.39, 0.29) is 13.1 Å². The summed E-state index contributed by atoms with van der Waals surface area (Å²) in [6.07, 6.45) is -14.3. The summed E-state index contributed by atoms with van der Waals surface area (Å²) >= 11 is 0. The van der Waals surface area contributed by atoms with Crippen molar-refractivity contribution in [2.75, 3.05) is 0 Å². The summed E-state index contributed by atoms with van der Waals surface area (Å²) in [6.45, 7) is -0.0788. The fraction of sp³-hybridized carbons (Fsp3) is 0.875. The molecule has 16 heteroatoms. The topological polar surface area (TPSA) is 61.3 Å². The largest absolute Gasteiger partial charge is 0.473 e. The number of hydrogen-bond acceptors (Lipinski definition) is 3. The molecule has 3 nitrogen and oxygen atoms in total. The van der Waals surface area contributed by atoms with Gasteiger partial charge in [-0.2, -0.15) is 57.1 Å². The van der Waals surface area contributed by atoms with E-state index in [1.165, 1.54) is 0 Å². The average molecular weight is 395 g/mol. The molecule has 0 aromatic carbocycles. The molecule has 0 heterocycles. The maximum absolute atomic E-state index is 12.8. The minimum Gasteiger partial charge on any atom is -0.396 e. The smallest absolute Gasteiger partial charge is 0.396 e. The fourth-order valence-electron chi connectivity index (χ4n) is 1.000. The van der Waals surface area contributed by atoms with Gasteiger partial charge in [0, 0.05) is 6.92 Å². The quantitative estimate of drug-likeness (QED) is 0.554. The molecule has 0 amide bonds. The molecule has 3 N–H and O–H groups in total. The van der Waals surface area contributed by atoms with E-state index >= 15 is 0 Å². The van der Waals surface area contributed by atoms with Crippen LogP contribution in [0.1, 0.15) is 6.92 Å². The lowest BCUT2D eigenvalue weighted by Gasteiger charge is -2.38. The first-order chi connectivity index (χ1) is 9.67. The maximum atomic E-state index is 12.8. The van der Waals surface area contributed by atoms with Crippen LogP contribution in [0.5, 0.6) is 0 Å². The standard InChI is InChI=1S/C8H3F13O2.H3N/c1-2(22)23-8(20,21)6(15,16)4(11,12)3(9,10)5(13,14)7(17,18)19;/h1H3;1H3. The Labute approximate surface area is 123 Å². The van der Waals surface area contributed by atoms with Crippen molar-refractivity contribution in [1.82, 2.24) is 6.15 Å². The molecule has 0 unspecified atom stereocenters. The number of rotatable bonds is 5. The van der Waals surface area contributed by atoms with Crippen molar-refractivity contribution in [3.05, 3.63) is 0 Å². The summed E-state index contributed by atoms with van der Waals surface area (Å²) < 4.78 is 164. The highest BCUT2D eigenvalue weighted by Crippen LogP contribution is 2.60. The first kappa shape index (κ1) is 24.8. The molecule has 0 aromatic heterocycles. The molecule has 0 rings (SSSR count). The van der Waals surface area contributed by atoms with Crippen LogP contribution in [-0.4, -0.2) is 41.9 Å². The zero-order valence-electron chi connectivity index (χ0n) is 10.9. The van der Waals surface area contributed by atoms with E-state index in [1.54, 1.807) is 0 Å². The molecule has 0 atom stereocenters. The van der Waals surface area contributed by atoms with Gasteiger partial charge >= 0.3 is 41.9 Å². The molecule has 0 bridgehead atoms. The van der Waals surface area contributed by atoms with Crippen molar-refractivity contribution in [3.63, 3.8) is 0 Å². The first-order valence-corrected chi connectivity index (χ1v) is 4.82. The van der Waals surface area contributed by atoms with Gasteiger partial charge in [0.25, 0.3) is 0 Å². The molecule has 0 aromatic rings. The molecular formula is C8H6F13NO2. The van der Waals surface area contributed by atoms with E-state index in [1.807, 2.05) is 0 Å². The number of hydrogen-bond donors (Lipinski definition) is 1. The summed E-state index contributed by atoms with van der Waals surface area (Å²) in [5.74, 6) is -33.8. The molecule has 24 heavy (non-hydrogen) atoms. The Morgan fingerprint density at radius 1 is 0.625 bits per heavy atom. The first-order valence-electron chi connectivity index (χ1n) is 4.82. The van der Waals surface area contributed by atoms with Crippen molar-refractivity contribution in [2.45, 2.75) is 42.9 Å². The number of ether oxygens (including phenoxy) is 1. The SMILES string of the molecule is CC(=O)OC(F)(F)C(F)(F)C(F)(F)C(F)(F)C(F)(F)C(F)(F)F.N. The summed E-state index contributed by atoms with van der Waals surface area (Å²) in [5, 5.41) is 0. The van der Waals surface area contributed by atoms with Gasteiger partial charge in [-0.1, -0.05) is 0 Å². The van der Waals surface area contributed by atoms with E-state index in [9.17, 15) is 61.9 Å². The third kappa shape index (κ3) is 3.32. The van der Waals surface area contributed by atoms with E-state index in [2.05, 4.69) is 4.74 Å². The molecule has 0 aliphatic heterocycles. The summed E-state index contributed by atoms with van der Waals surface area (Å²) in [6, 6.07) is 0. The Morgan fingerprint density at radius 2 is 0.917 bits per heavy atom. The lowest BCUT2D eigenvalue weighted by atomic mass is 9.97. The molecule has 146 valence electrons. The Bertz CT molecular complexity index is 469. The van der Waals surface area contributed by atoms with Gasteiger partial charge in [-0.05, 0) is 0 Å². The van der Waals surface area contributed by atoms with Gasteiger partial charge in [0.1, 0.15) is 0 Å². The molecule has 0 fully saturated rings. The molecule has 0 aliphatic rings. The lowest BCUT2D eigenvalue weighted by Crippen LogP contribution is -2.70. The highest BCUT2D eigenvalue weighted by atomic mass is 19.4. The Hall–Kier alpha value is -1.48. The van der Waals surface area contributed by atoms with Gasteiger partial charge in [-0.15, -0.1) is 0 Å². The van der Waals surface area contributed by atoms with E-state index in [4.69, 9.17) is 0 Å². The Balaban J connectivity index is 0. The number of halogens is 13. The molecule has 0 saturated heterocycles. The van der Waals surface area contributed by atoms with Crippen LogP contribution >= 0.6 is 0 Å². The van der Waals surface area contributed by atoms with Crippen LogP contribution in [0.3, 0.4) is 0 Å². The van der Waals surface area contributed by atoms with Crippen molar-refractivity contribution in [3.8, 4) is 0 Å². The highest BCUT2D eigenvalue weighted by molar-refractivity contribution is 5.66. The van der Waals surface area contributed by atoms with Crippen molar-refractivity contribution < 1.29 is 66.6 Å². The molecule has 0 radical (unpaired) electrons. The van der Waals surface area contributed by atoms with Crippen molar-refractivity contribution in [1.29, 1.82) is 0 Å². The number of esters is 1. The molecule has 0 spiro atoms. The van der Waals surface area contributed by atoms with Gasteiger partial charge in [0.2, 0.25) is 0 Å². The molecular weight excluding hydrogens is 389 g/mol. The Kier molecular flexibility index (Phi) is 6.30. The second-order valence-electron chi connectivity index (χ2n) is 3.91.